The van der Waals surface area contributed by atoms with Crippen LogP contribution in [-0.2, 0) is 48.1 Å². The van der Waals surface area contributed by atoms with Gasteiger partial charge >= 0.3 is 0 Å². The molecule has 2 aromatic heterocycles. The third kappa shape index (κ3) is 9.58. The molecule has 0 spiro atoms. The summed E-state index contributed by atoms with van der Waals surface area (Å²) in [5.41, 5.74) is 19.0. The van der Waals surface area contributed by atoms with Crippen molar-refractivity contribution >= 4 is 11.0 Å². The normalized spacial score (nSPS) is 14.4. The number of pyridine rings is 1. The Bertz CT molecular complexity index is 3510. The van der Waals surface area contributed by atoms with Crippen LogP contribution in [0.3, 0.4) is 0 Å². The van der Waals surface area contributed by atoms with E-state index in [2.05, 4.69) is 252 Å². The number of aromatic nitrogens is 3. The van der Waals surface area contributed by atoms with Crippen molar-refractivity contribution in [3.8, 4) is 78.6 Å². The Morgan fingerprint density at radius 3 is 1.73 bits per heavy atom. The van der Waals surface area contributed by atoms with Gasteiger partial charge in [0.25, 0.3) is 0 Å². The third-order valence-electron chi connectivity index (χ3n) is 15.3. The second-order valence-electron chi connectivity index (χ2n) is 24.7. The van der Waals surface area contributed by atoms with Gasteiger partial charge in [0.15, 0.2) is 0 Å². The number of imidazole rings is 1. The van der Waals surface area contributed by atoms with Crippen molar-refractivity contribution in [2.45, 2.75) is 130 Å². The molecule has 1 aliphatic carbocycles. The summed E-state index contributed by atoms with van der Waals surface area (Å²) in [4.78, 5) is 10.9. The number of benzene rings is 7. The van der Waals surface area contributed by atoms with Gasteiger partial charge in [0.2, 0.25) is 0 Å². The molecule has 73 heavy (non-hydrogen) atoms. The standard InChI is InChI=1S/C68H70N3O.Pt/c1-64(2,3)49-37-47(36-48(38-49)56-39-46(32-35-69-56)43-24-17-14-18-25-43)51-30-23-31-57-60(51)70-63(53-40-50(65(4,5)6)41-55(62(53)72)66(7,8)9)71(57)61-52(44-26-19-15-20-27-44)42-54-59(58(61)45-28-21-16-22-29-45)68(12,13)34-33-67(54,10)11;/h14-32,35,37-42,72H,33-34H2,1-13H3;/q-1;. The van der Waals surface area contributed by atoms with E-state index in [-0.39, 0.29) is 53.9 Å². The van der Waals surface area contributed by atoms with Crippen molar-refractivity contribution < 1.29 is 26.2 Å². The van der Waals surface area contributed by atoms with Crippen molar-refractivity contribution in [3.63, 3.8) is 0 Å². The fourth-order valence-electron chi connectivity index (χ4n) is 11.0. The minimum absolute atomic E-state index is 0. The van der Waals surface area contributed by atoms with E-state index in [4.69, 9.17) is 9.97 Å². The Balaban J connectivity index is 0.00000656. The van der Waals surface area contributed by atoms with E-state index < -0.39 is 0 Å². The number of hydrogen-bond donors (Lipinski definition) is 1. The smallest absolute Gasteiger partial charge is 0.148 e. The first-order chi connectivity index (χ1) is 34.0. The predicted octanol–water partition coefficient (Wildman–Crippen LogP) is 18.2. The molecule has 5 heteroatoms. The number of fused-ring (bicyclic) bond motifs is 2. The zero-order valence-corrected chi connectivity index (χ0v) is 47.3. The van der Waals surface area contributed by atoms with E-state index in [0.29, 0.717) is 11.4 Å². The number of aromatic hydroxyl groups is 1. The van der Waals surface area contributed by atoms with Gasteiger partial charge in [-0.05, 0) is 103 Å². The van der Waals surface area contributed by atoms with Gasteiger partial charge < -0.3 is 5.11 Å². The third-order valence-corrected chi connectivity index (χ3v) is 15.3. The van der Waals surface area contributed by atoms with Crippen molar-refractivity contribution in [1.82, 2.24) is 14.5 Å². The van der Waals surface area contributed by atoms with Crippen LogP contribution >= 0.6 is 0 Å². The molecule has 0 unspecified atom stereocenters. The van der Waals surface area contributed by atoms with Gasteiger partial charge in [-0.25, -0.2) is 4.98 Å². The van der Waals surface area contributed by atoms with E-state index in [1.807, 2.05) is 6.20 Å². The average molecular weight is 1140 g/mol. The maximum Gasteiger partial charge on any atom is 0.148 e. The Morgan fingerprint density at radius 1 is 0.534 bits per heavy atom. The number of hydrogen-bond acceptors (Lipinski definition) is 3. The first kappa shape index (κ1) is 51.5. The van der Waals surface area contributed by atoms with Crippen molar-refractivity contribution in [3.05, 3.63) is 192 Å². The van der Waals surface area contributed by atoms with Gasteiger partial charge in [-0.15, -0.1) is 29.3 Å². The second kappa shape index (κ2) is 18.8. The number of para-hydroxylation sites is 1. The van der Waals surface area contributed by atoms with E-state index in [0.717, 1.165) is 90.9 Å². The first-order valence-electron chi connectivity index (χ1n) is 25.8. The Labute approximate surface area is 449 Å². The van der Waals surface area contributed by atoms with Crippen LogP contribution in [0.4, 0.5) is 0 Å². The van der Waals surface area contributed by atoms with Gasteiger partial charge in [0.1, 0.15) is 11.6 Å². The number of phenols is 1. The molecule has 1 aliphatic rings. The van der Waals surface area contributed by atoms with Crippen LogP contribution in [0.15, 0.2) is 158 Å². The minimum atomic E-state index is -0.363. The zero-order valence-electron chi connectivity index (χ0n) is 45.0. The molecule has 1 N–H and O–H groups in total. The topological polar surface area (TPSA) is 50.9 Å². The Hall–Kier alpha value is -6.35. The largest absolute Gasteiger partial charge is 0.507 e. The van der Waals surface area contributed by atoms with Crippen molar-refractivity contribution in [1.29, 1.82) is 0 Å². The van der Waals surface area contributed by atoms with Crippen LogP contribution in [0, 0.1) is 6.07 Å². The van der Waals surface area contributed by atoms with Gasteiger partial charge in [-0.1, -0.05) is 216 Å². The van der Waals surface area contributed by atoms with Crippen molar-refractivity contribution in [2.75, 3.05) is 0 Å². The Kier molecular flexibility index (Phi) is 13.3. The predicted molar refractivity (Wildman–Crippen MR) is 303 cm³/mol. The summed E-state index contributed by atoms with van der Waals surface area (Å²) >= 11 is 0. The summed E-state index contributed by atoms with van der Waals surface area (Å²) in [6, 6.07) is 58.6. The number of rotatable bonds is 7. The maximum absolute atomic E-state index is 13.0. The number of nitrogens with zero attached hydrogens (tertiary/aromatic N) is 3. The molecule has 0 fully saturated rings. The molecular formula is C68H70N3OPt-. The van der Waals surface area contributed by atoms with Gasteiger partial charge in [0, 0.05) is 49.6 Å². The van der Waals surface area contributed by atoms with Crippen LogP contribution in [0.5, 0.6) is 5.75 Å². The molecule has 2 heterocycles. The summed E-state index contributed by atoms with van der Waals surface area (Å²) in [5, 5.41) is 13.0. The molecule has 0 bridgehead atoms. The average Bonchev–Trinajstić information content (AvgIpc) is 3.74. The minimum Gasteiger partial charge on any atom is -0.507 e. The van der Waals surface area contributed by atoms with Crippen LogP contribution in [0.1, 0.15) is 131 Å². The van der Waals surface area contributed by atoms with Crippen LogP contribution in [-0.4, -0.2) is 19.6 Å². The van der Waals surface area contributed by atoms with Crippen LogP contribution in [0.2, 0.25) is 0 Å². The van der Waals surface area contributed by atoms with Gasteiger partial charge in [0.05, 0.1) is 22.3 Å². The summed E-state index contributed by atoms with van der Waals surface area (Å²) in [6.07, 6.45) is 4.04. The molecule has 0 amide bonds. The summed E-state index contributed by atoms with van der Waals surface area (Å²) in [5.74, 6) is 0.946. The van der Waals surface area contributed by atoms with Crippen LogP contribution < -0.4 is 0 Å². The van der Waals surface area contributed by atoms with Crippen molar-refractivity contribution in [2.24, 2.45) is 0 Å². The molecule has 4 nitrogen and oxygen atoms in total. The molecule has 0 radical (unpaired) electrons. The quantitative estimate of drug-likeness (QED) is 0.162. The van der Waals surface area contributed by atoms with Gasteiger partial charge in [-0.3, -0.25) is 9.55 Å². The summed E-state index contributed by atoms with van der Waals surface area (Å²) < 4.78 is 2.41. The fraction of sp³-hybridized carbons (Fsp3) is 0.294. The summed E-state index contributed by atoms with van der Waals surface area (Å²) in [7, 11) is 0. The van der Waals surface area contributed by atoms with Gasteiger partial charge in [-0.2, -0.15) is 0 Å². The van der Waals surface area contributed by atoms with E-state index in [9.17, 15) is 5.11 Å². The molecule has 0 aliphatic heterocycles. The molecule has 7 aromatic carbocycles. The zero-order chi connectivity index (χ0) is 51.1. The monoisotopic (exact) mass is 1140 g/mol. The summed E-state index contributed by atoms with van der Waals surface area (Å²) in [6.45, 7) is 29.8. The molecule has 9 aromatic rings. The molecule has 0 atom stereocenters. The second-order valence-corrected chi connectivity index (χ2v) is 24.7. The fourth-order valence-corrected chi connectivity index (χ4v) is 11.0. The molecule has 0 saturated heterocycles. The van der Waals surface area contributed by atoms with E-state index in [1.165, 1.54) is 22.3 Å². The molecule has 0 saturated carbocycles. The molecular weight excluding hydrogens is 1070 g/mol. The molecule has 374 valence electrons. The SMILES string of the molecule is CC(C)(C)c1cc(-c2cc(-c3ccccc3)ccn2)[c-]c(-c2cccc3c2nc(-c2cc(C(C)(C)C)cc(C(C)(C)C)c2O)n3-c2c(-c3ccccc3)cc3c(c2-c2ccccc2)C(C)(C)CCC3(C)C)c1.[Pt]. The van der Waals surface area contributed by atoms with Crippen LogP contribution in [0.25, 0.3) is 83.9 Å². The van der Waals surface area contributed by atoms with E-state index >= 15 is 0 Å². The van der Waals surface area contributed by atoms with E-state index in [1.54, 1.807) is 0 Å². The maximum atomic E-state index is 13.0. The number of phenolic OH excluding ortho intramolecular Hbond substituents is 1. The Morgan fingerprint density at radius 2 is 1.11 bits per heavy atom. The first-order valence-corrected chi connectivity index (χ1v) is 25.8. The molecule has 10 rings (SSSR count).